The molecule has 3 saturated carbocycles. The van der Waals surface area contributed by atoms with Gasteiger partial charge in [0.1, 0.15) is 0 Å². The summed E-state index contributed by atoms with van der Waals surface area (Å²) in [7, 11) is 0. The van der Waals surface area contributed by atoms with Crippen molar-refractivity contribution in [3.05, 3.63) is 23.8 Å². The van der Waals surface area contributed by atoms with Crippen molar-refractivity contribution in [1.82, 2.24) is 0 Å². The number of fused-ring (bicyclic) bond motifs is 5. The molecule has 0 bridgehead atoms. The number of rotatable bonds is 2. The Morgan fingerprint density at radius 3 is 2.71 bits per heavy atom. The summed E-state index contributed by atoms with van der Waals surface area (Å²) in [4.78, 5) is 0. The summed E-state index contributed by atoms with van der Waals surface area (Å²) in [6.45, 7) is 9.12. The quantitative estimate of drug-likeness (QED) is 0.725. The summed E-state index contributed by atoms with van der Waals surface area (Å²) in [6, 6.07) is 0. The Labute approximate surface area is 147 Å². The van der Waals surface area contributed by atoms with Crippen molar-refractivity contribution in [1.29, 1.82) is 0 Å². The van der Waals surface area contributed by atoms with E-state index >= 15 is 0 Å². The van der Waals surface area contributed by atoms with Crippen LogP contribution in [0.3, 0.4) is 0 Å². The van der Waals surface area contributed by atoms with Gasteiger partial charge in [-0.15, -0.1) is 0 Å². The highest BCUT2D eigenvalue weighted by Crippen LogP contribution is 2.66. The van der Waals surface area contributed by atoms with E-state index in [4.69, 9.17) is 0 Å². The van der Waals surface area contributed by atoms with E-state index in [1.165, 1.54) is 24.0 Å². The molecular weight excluding hydrogens is 296 g/mol. The summed E-state index contributed by atoms with van der Waals surface area (Å²) >= 11 is 0. The van der Waals surface area contributed by atoms with Crippen LogP contribution in [0, 0.1) is 28.6 Å². The first-order valence-corrected chi connectivity index (χ1v) is 10.2. The van der Waals surface area contributed by atoms with Crippen LogP contribution in [0.25, 0.3) is 0 Å². The van der Waals surface area contributed by atoms with E-state index in [0.29, 0.717) is 17.8 Å². The minimum absolute atomic E-state index is 0.104. The van der Waals surface area contributed by atoms with Gasteiger partial charge in [-0.05, 0) is 81.0 Å². The number of hydrogen-bond acceptors (Lipinski definition) is 2. The third-order valence-electron chi connectivity index (χ3n) is 8.61. The van der Waals surface area contributed by atoms with Crippen molar-refractivity contribution in [3.8, 4) is 0 Å². The third kappa shape index (κ3) is 2.08. The lowest BCUT2D eigenvalue weighted by Gasteiger charge is -2.59. The Bertz CT molecular complexity index is 564. The van der Waals surface area contributed by atoms with Gasteiger partial charge in [0.15, 0.2) is 0 Å². The molecule has 0 amide bonds. The van der Waals surface area contributed by atoms with E-state index in [0.717, 1.165) is 44.9 Å². The van der Waals surface area contributed by atoms with E-state index in [1.54, 1.807) is 0 Å². The van der Waals surface area contributed by atoms with Crippen LogP contribution >= 0.6 is 0 Å². The summed E-state index contributed by atoms with van der Waals surface area (Å²) in [5, 5.41) is 20.8. The highest BCUT2D eigenvalue weighted by atomic mass is 16.3. The number of hydrogen-bond donors (Lipinski definition) is 2. The predicted molar refractivity (Wildman–Crippen MR) is 97.5 cm³/mol. The Kier molecular flexibility index (Phi) is 4.01. The van der Waals surface area contributed by atoms with E-state index in [9.17, 15) is 10.2 Å². The lowest BCUT2D eigenvalue weighted by Crippen LogP contribution is -2.52. The predicted octanol–water partition coefficient (Wildman–Crippen LogP) is 4.62. The molecule has 7 atom stereocenters. The highest BCUT2D eigenvalue weighted by Gasteiger charge is 2.60. The molecule has 4 aliphatic rings. The van der Waals surface area contributed by atoms with Crippen LogP contribution in [0.4, 0.5) is 0 Å². The van der Waals surface area contributed by atoms with E-state index in [-0.39, 0.29) is 23.0 Å². The zero-order valence-corrected chi connectivity index (χ0v) is 15.4. The van der Waals surface area contributed by atoms with Gasteiger partial charge in [-0.3, -0.25) is 0 Å². The number of allylic oxidation sites excluding steroid dienone is 2. The van der Waals surface area contributed by atoms with Gasteiger partial charge in [-0.1, -0.05) is 37.6 Å². The first kappa shape index (κ1) is 16.8. The second-order valence-corrected chi connectivity index (χ2v) is 9.30. The lowest BCUT2D eigenvalue weighted by molar-refractivity contribution is -0.0672. The molecule has 24 heavy (non-hydrogen) atoms. The van der Waals surface area contributed by atoms with Gasteiger partial charge in [-0.2, -0.15) is 0 Å². The summed E-state index contributed by atoms with van der Waals surface area (Å²) < 4.78 is 0. The molecule has 3 fully saturated rings. The Morgan fingerprint density at radius 2 is 1.96 bits per heavy atom. The normalized spacial score (nSPS) is 50.5. The molecule has 134 valence electrons. The van der Waals surface area contributed by atoms with Crippen LogP contribution in [0.15, 0.2) is 23.8 Å². The van der Waals surface area contributed by atoms with E-state index in [2.05, 4.69) is 26.5 Å². The first-order chi connectivity index (χ1) is 11.4. The van der Waals surface area contributed by atoms with Crippen LogP contribution in [0.2, 0.25) is 0 Å². The van der Waals surface area contributed by atoms with Gasteiger partial charge >= 0.3 is 0 Å². The van der Waals surface area contributed by atoms with Gasteiger partial charge in [0.25, 0.3) is 0 Å². The fourth-order valence-corrected chi connectivity index (χ4v) is 7.24. The highest BCUT2D eigenvalue weighted by molar-refractivity contribution is 5.36. The minimum atomic E-state index is -0.159. The molecular formula is C22H34O2. The molecule has 3 unspecified atom stereocenters. The molecule has 0 aromatic rings. The first-order valence-electron chi connectivity index (χ1n) is 10.2. The van der Waals surface area contributed by atoms with E-state index in [1.807, 2.05) is 0 Å². The van der Waals surface area contributed by atoms with Gasteiger partial charge in [-0.25, -0.2) is 0 Å². The second-order valence-electron chi connectivity index (χ2n) is 9.30. The molecule has 0 aliphatic heterocycles. The van der Waals surface area contributed by atoms with Crippen LogP contribution in [-0.2, 0) is 0 Å². The lowest BCUT2D eigenvalue weighted by atomic mass is 9.45. The molecule has 2 nitrogen and oxygen atoms in total. The SMILES string of the molecule is C=C(CC)[C@]12CC[C@H](O)CC1=CCC1C2CC[C@@]2(C)C1CC[C@@H]2O. The van der Waals surface area contributed by atoms with Crippen molar-refractivity contribution >= 4 is 0 Å². The van der Waals surface area contributed by atoms with Gasteiger partial charge < -0.3 is 10.2 Å². The van der Waals surface area contributed by atoms with Crippen LogP contribution < -0.4 is 0 Å². The van der Waals surface area contributed by atoms with Gasteiger partial charge in [0.2, 0.25) is 0 Å². The van der Waals surface area contributed by atoms with Crippen LogP contribution in [0.5, 0.6) is 0 Å². The Morgan fingerprint density at radius 1 is 1.17 bits per heavy atom. The molecule has 2 N–H and O–H groups in total. The monoisotopic (exact) mass is 330 g/mol. The largest absolute Gasteiger partial charge is 0.393 e. The molecule has 0 heterocycles. The van der Waals surface area contributed by atoms with Crippen molar-refractivity contribution in [3.63, 3.8) is 0 Å². The molecule has 0 saturated heterocycles. The van der Waals surface area contributed by atoms with E-state index < -0.39 is 0 Å². The number of aliphatic hydroxyl groups is 2. The average Bonchev–Trinajstić information content (AvgIpc) is 2.89. The molecule has 4 aliphatic carbocycles. The number of aliphatic hydroxyl groups excluding tert-OH is 2. The second kappa shape index (κ2) is 5.71. The molecule has 0 aromatic heterocycles. The fraction of sp³-hybridized carbons (Fsp3) is 0.818. The van der Waals surface area contributed by atoms with Crippen LogP contribution in [0.1, 0.15) is 71.6 Å². The van der Waals surface area contributed by atoms with Crippen molar-refractivity contribution in [2.45, 2.75) is 83.8 Å². The molecule has 4 rings (SSSR count). The fourth-order valence-electron chi connectivity index (χ4n) is 7.24. The zero-order valence-electron chi connectivity index (χ0n) is 15.4. The molecule has 2 heteroatoms. The standard InChI is InChI=1S/C22H34O2/c1-4-14(2)22-12-9-16(23)13-15(22)5-6-17-18-7-8-20(24)21(18,3)11-10-19(17)22/h5,16-20,23-24H,2,4,6-13H2,1,3H3/t16-,17?,18?,19?,20-,21-,22+/m0/s1. The average molecular weight is 331 g/mol. The Balaban J connectivity index is 1.75. The summed E-state index contributed by atoms with van der Waals surface area (Å²) in [5.74, 6) is 2.04. The summed E-state index contributed by atoms with van der Waals surface area (Å²) in [5.41, 5.74) is 3.18. The van der Waals surface area contributed by atoms with Gasteiger partial charge in [0.05, 0.1) is 12.2 Å². The summed E-state index contributed by atoms with van der Waals surface area (Å²) in [6.07, 6.45) is 11.8. The maximum absolute atomic E-state index is 10.6. The smallest absolute Gasteiger partial charge is 0.0596 e. The topological polar surface area (TPSA) is 40.5 Å². The van der Waals surface area contributed by atoms with Gasteiger partial charge in [0, 0.05) is 5.41 Å². The third-order valence-corrected chi connectivity index (χ3v) is 8.61. The minimum Gasteiger partial charge on any atom is -0.393 e. The maximum atomic E-state index is 10.6. The van der Waals surface area contributed by atoms with Crippen molar-refractivity contribution in [2.24, 2.45) is 28.6 Å². The zero-order chi connectivity index (χ0) is 17.1. The molecule has 0 radical (unpaired) electrons. The van der Waals surface area contributed by atoms with Crippen molar-refractivity contribution in [2.75, 3.05) is 0 Å². The molecule has 0 aromatic carbocycles. The maximum Gasteiger partial charge on any atom is 0.0596 e. The van der Waals surface area contributed by atoms with Crippen molar-refractivity contribution < 1.29 is 10.2 Å². The molecule has 0 spiro atoms. The Hall–Kier alpha value is -0.600. The van der Waals surface area contributed by atoms with Crippen LogP contribution in [-0.4, -0.2) is 22.4 Å².